The molecular formula is C10H15N3O2. The molecule has 0 aromatic carbocycles. The zero-order chi connectivity index (χ0) is 10.4. The van der Waals surface area contributed by atoms with Crippen LogP contribution in [0, 0.1) is 5.92 Å². The molecule has 3 rings (SSSR count). The fourth-order valence-electron chi connectivity index (χ4n) is 2.06. The zero-order valence-corrected chi connectivity index (χ0v) is 8.72. The van der Waals surface area contributed by atoms with Crippen molar-refractivity contribution in [2.24, 2.45) is 11.7 Å². The number of nitrogens with zero attached hydrogens (tertiary/aromatic N) is 2. The van der Waals surface area contributed by atoms with Crippen LogP contribution >= 0.6 is 0 Å². The molecule has 82 valence electrons. The van der Waals surface area contributed by atoms with E-state index >= 15 is 0 Å². The maximum atomic E-state index is 5.89. The van der Waals surface area contributed by atoms with Gasteiger partial charge >= 0.3 is 0 Å². The van der Waals surface area contributed by atoms with E-state index in [9.17, 15) is 0 Å². The predicted octanol–water partition coefficient (Wildman–Crippen LogP) is 0.634. The molecule has 2 heterocycles. The Morgan fingerprint density at radius 2 is 2.13 bits per heavy atom. The lowest BCUT2D eigenvalue weighted by atomic mass is 10.1. The minimum atomic E-state index is -0.00470. The summed E-state index contributed by atoms with van der Waals surface area (Å²) in [5.74, 6) is 2.77. The normalized spacial score (nSPS) is 39.6. The Morgan fingerprint density at radius 3 is 2.73 bits per heavy atom. The smallest absolute Gasteiger partial charge is 0.233 e. The van der Waals surface area contributed by atoms with Crippen molar-refractivity contribution >= 4 is 0 Å². The van der Waals surface area contributed by atoms with Crippen molar-refractivity contribution in [2.75, 3.05) is 13.2 Å². The van der Waals surface area contributed by atoms with Crippen LogP contribution in [0.2, 0.25) is 0 Å². The van der Waals surface area contributed by atoms with E-state index in [0.29, 0.717) is 30.9 Å². The van der Waals surface area contributed by atoms with E-state index in [1.54, 1.807) is 0 Å². The first-order chi connectivity index (χ1) is 7.25. The van der Waals surface area contributed by atoms with Crippen molar-refractivity contribution in [1.82, 2.24) is 10.1 Å². The van der Waals surface area contributed by atoms with Gasteiger partial charge in [0.2, 0.25) is 5.89 Å². The van der Waals surface area contributed by atoms with Crippen LogP contribution in [0.1, 0.15) is 36.9 Å². The van der Waals surface area contributed by atoms with Gasteiger partial charge in [0, 0.05) is 12.0 Å². The highest BCUT2D eigenvalue weighted by molar-refractivity contribution is 5.10. The number of hydrogen-bond donors (Lipinski definition) is 1. The first-order valence-corrected chi connectivity index (χ1v) is 5.42. The number of nitrogens with two attached hydrogens (primary N) is 1. The van der Waals surface area contributed by atoms with Gasteiger partial charge in [-0.1, -0.05) is 12.1 Å². The van der Waals surface area contributed by atoms with E-state index in [4.69, 9.17) is 15.0 Å². The number of ether oxygens (including phenoxy) is 1. The van der Waals surface area contributed by atoms with Gasteiger partial charge in [0.15, 0.2) is 5.82 Å². The van der Waals surface area contributed by atoms with Crippen LogP contribution in [0.5, 0.6) is 0 Å². The highest BCUT2D eigenvalue weighted by Gasteiger charge is 2.39. The Balaban J connectivity index is 1.78. The first kappa shape index (κ1) is 9.30. The van der Waals surface area contributed by atoms with Gasteiger partial charge in [0.1, 0.15) is 0 Å². The lowest BCUT2D eigenvalue weighted by Crippen LogP contribution is -2.27. The van der Waals surface area contributed by atoms with Crippen LogP contribution in [-0.4, -0.2) is 29.4 Å². The monoisotopic (exact) mass is 209 g/mol. The van der Waals surface area contributed by atoms with Gasteiger partial charge in [-0.2, -0.15) is 4.98 Å². The maximum Gasteiger partial charge on any atom is 0.233 e. The SMILES string of the molecule is CC1CC1c1noc(C2COCC2N)n1. The van der Waals surface area contributed by atoms with Crippen molar-refractivity contribution in [3.05, 3.63) is 11.7 Å². The molecule has 4 atom stereocenters. The predicted molar refractivity (Wildman–Crippen MR) is 52.4 cm³/mol. The molecule has 5 heteroatoms. The van der Waals surface area contributed by atoms with Gasteiger partial charge in [0.25, 0.3) is 0 Å². The third kappa shape index (κ3) is 1.55. The average Bonchev–Trinajstić information content (AvgIpc) is 2.69. The molecule has 1 aromatic rings. The second-order valence-electron chi connectivity index (χ2n) is 4.62. The van der Waals surface area contributed by atoms with E-state index in [2.05, 4.69) is 17.1 Å². The first-order valence-electron chi connectivity index (χ1n) is 5.42. The van der Waals surface area contributed by atoms with Gasteiger partial charge in [-0.25, -0.2) is 0 Å². The number of aromatic nitrogens is 2. The summed E-state index contributed by atoms with van der Waals surface area (Å²) in [6, 6.07) is -0.00470. The van der Waals surface area contributed by atoms with Crippen LogP contribution in [0.15, 0.2) is 4.52 Å². The Hall–Kier alpha value is -0.940. The summed E-state index contributed by atoms with van der Waals surface area (Å²) in [7, 11) is 0. The van der Waals surface area contributed by atoms with E-state index in [1.807, 2.05) is 0 Å². The average molecular weight is 209 g/mol. The van der Waals surface area contributed by atoms with Crippen molar-refractivity contribution in [2.45, 2.75) is 31.2 Å². The van der Waals surface area contributed by atoms with E-state index in [-0.39, 0.29) is 12.0 Å². The Kier molecular flexibility index (Phi) is 2.03. The molecule has 1 aromatic heterocycles. The van der Waals surface area contributed by atoms with E-state index < -0.39 is 0 Å². The van der Waals surface area contributed by atoms with Crippen molar-refractivity contribution < 1.29 is 9.26 Å². The quantitative estimate of drug-likeness (QED) is 0.773. The van der Waals surface area contributed by atoms with Crippen LogP contribution in [-0.2, 0) is 4.74 Å². The summed E-state index contributed by atoms with van der Waals surface area (Å²) < 4.78 is 10.5. The van der Waals surface area contributed by atoms with E-state index in [0.717, 1.165) is 5.82 Å². The van der Waals surface area contributed by atoms with Crippen molar-refractivity contribution in [3.63, 3.8) is 0 Å². The van der Waals surface area contributed by atoms with Gasteiger partial charge in [0.05, 0.1) is 19.1 Å². The molecule has 15 heavy (non-hydrogen) atoms. The summed E-state index contributed by atoms with van der Waals surface area (Å²) in [5.41, 5.74) is 5.89. The molecular weight excluding hydrogens is 194 g/mol. The summed E-state index contributed by atoms with van der Waals surface area (Å²) in [6.07, 6.45) is 1.17. The fourth-order valence-corrected chi connectivity index (χ4v) is 2.06. The highest BCUT2D eigenvalue weighted by atomic mass is 16.5. The largest absolute Gasteiger partial charge is 0.379 e. The minimum absolute atomic E-state index is 0.00470. The molecule has 1 saturated carbocycles. The summed E-state index contributed by atoms with van der Waals surface area (Å²) in [4.78, 5) is 4.42. The lowest BCUT2D eigenvalue weighted by Gasteiger charge is -2.06. The van der Waals surface area contributed by atoms with Gasteiger partial charge in [-0.15, -0.1) is 0 Å². The van der Waals surface area contributed by atoms with Crippen LogP contribution < -0.4 is 5.73 Å². The maximum absolute atomic E-state index is 5.89. The molecule has 0 bridgehead atoms. The molecule has 1 aliphatic carbocycles. The van der Waals surface area contributed by atoms with Crippen LogP contribution in [0.3, 0.4) is 0 Å². The zero-order valence-electron chi connectivity index (χ0n) is 8.72. The molecule has 0 radical (unpaired) electrons. The van der Waals surface area contributed by atoms with E-state index in [1.165, 1.54) is 6.42 Å². The Labute approximate surface area is 88.0 Å². The lowest BCUT2D eigenvalue weighted by molar-refractivity contribution is 0.187. The third-order valence-corrected chi connectivity index (χ3v) is 3.34. The molecule has 2 fully saturated rings. The van der Waals surface area contributed by atoms with Crippen molar-refractivity contribution in [1.29, 1.82) is 0 Å². The molecule has 4 unspecified atom stereocenters. The summed E-state index contributed by atoms with van der Waals surface area (Å²) >= 11 is 0. The molecule has 2 aliphatic rings. The molecule has 0 spiro atoms. The minimum Gasteiger partial charge on any atom is -0.379 e. The van der Waals surface area contributed by atoms with Gasteiger partial charge in [-0.05, 0) is 12.3 Å². The summed E-state index contributed by atoms with van der Waals surface area (Å²) in [5, 5.41) is 4.01. The number of rotatable bonds is 2. The molecule has 1 saturated heterocycles. The molecule has 1 aliphatic heterocycles. The molecule has 0 amide bonds. The highest BCUT2D eigenvalue weighted by Crippen LogP contribution is 2.45. The standard InChI is InChI=1S/C10H15N3O2/c1-5-2-6(5)9-12-10(15-13-9)7-3-14-4-8(7)11/h5-8H,2-4,11H2,1H3. The van der Waals surface area contributed by atoms with Crippen LogP contribution in [0.25, 0.3) is 0 Å². The second kappa shape index (κ2) is 3.28. The second-order valence-corrected chi connectivity index (χ2v) is 4.62. The molecule has 5 nitrogen and oxygen atoms in total. The van der Waals surface area contributed by atoms with Crippen LogP contribution in [0.4, 0.5) is 0 Å². The van der Waals surface area contributed by atoms with Crippen molar-refractivity contribution in [3.8, 4) is 0 Å². The Morgan fingerprint density at radius 1 is 1.33 bits per heavy atom. The fraction of sp³-hybridized carbons (Fsp3) is 0.800. The van der Waals surface area contributed by atoms with Gasteiger partial charge in [-0.3, -0.25) is 0 Å². The molecule has 2 N–H and O–H groups in total. The topological polar surface area (TPSA) is 74.2 Å². The Bertz CT molecular complexity index is 365. The van der Waals surface area contributed by atoms with Gasteiger partial charge < -0.3 is 15.0 Å². The number of hydrogen-bond acceptors (Lipinski definition) is 5. The third-order valence-electron chi connectivity index (χ3n) is 3.34. The summed E-state index contributed by atoms with van der Waals surface area (Å²) in [6.45, 7) is 3.39.